The molecule has 3 saturated heterocycles. The fraction of sp³-hybridized carbons (Fsp3) is 0.500. The Morgan fingerprint density at radius 3 is 2.72 bits per heavy atom. The summed E-state index contributed by atoms with van der Waals surface area (Å²) in [5.74, 6) is -0.486. The molecule has 3 amide bonds. The van der Waals surface area contributed by atoms with Gasteiger partial charge in [0.1, 0.15) is 18.0 Å². The lowest BCUT2D eigenvalue weighted by Crippen LogP contribution is -2.35. The molecule has 0 radical (unpaired) electrons. The Hall–Kier alpha value is -3.24. The summed E-state index contributed by atoms with van der Waals surface area (Å²) >= 11 is 0. The van der Waals surface area contributed by atoms with Gasteiger partial charge in [0, 0.05) is 13.6 Å². The fourth-order valence-electron chi connectivity index (χ4n) is 3.82. The van der Waals surface area contributed by atoms with Crippen LogP contribution in [0.4, 0.5) is 30.1 Å². The van der Waals surface area contributed by atoms with Gasteiger partial charge in [-0.15, -0.1) is 0 Å². The molecular weight excluding hydrogens is 387 g/mol. The van der Waals surface area contributed by atoms with Crippen LogP contribution in [0, 0.1) is 5.82 Å². The molecule has 0 aromatic heterocycles. The zero-order valence-corrected chi connectivity index (χ0v) is 16.0. The number of likely N-dealkylation sites (N-methyl/N-ethyl adjacent to an activating group) is 1. The number of hydrogen-bond donors (Lipinski definition) is 1. The Kier molecular flexibility index (Phi) is 4.81. The highest BCUT2D eigenvalue weighted by molar-refractivity contribution is 5.90. The van der Waals surface area contributed by atoms with Crippen molar-refractivity contribution in [2.24, 2.45) is 0 Å². The van der Waals surface area contributed by atoms with Gasteiger partial charge in [-0.2, -0.15) is 0 Å². The van der Waals surface area contributed by atoms with Crippen LogP contribution in [0.5, 0.6) is 0 Å². The smallest absolute Gasteiger partial charge is 0.414 e. The normalized spacial score (nSPS) is 25.8. The van der Waals surface area contributed by atoms with Gasteiger partial charge in [-0.1, -0.05) is 0 Å². The molecule has 1 N–H and O–H groups in total. The Morgan fingerprint density at radius 2 is 2.03 bits per heavy atom. The molecular formula is C18H21FN4O6. The lowest BCUT2D eigenvalue weighted by atomic mass is 10.2. The summed E-state index contributed by atoms with van der Waals surface area (Å²) in [6, 6.07) is 4.40. The number of carbonyl (C=O) groups is 3. The van der Waals surface area contributed by atoms with Crippen molar-refractivity contribution in [3.05, 3.63) is 24.0 Å². The van der Waals surface area contributed by atoms with Gasteiger partial charge in [0.05, 0.1) is 44.2 Å². The molecule has 156 valence electrons. The summed E-state index contributed by atoms with van der Waals surface area (Å²) in [5.41, 5.74) is 0.740. The number of ether oxygens (including phenoxy) is 3. The molecule has 3 aliphatic heterocycles. The number of alkyl carbamates (subject to hydrolysis) is 1. The number of carbonyl (C=O) groups excluding carboxylic acids is 3. The number of rotatable bonds is 4. The van der Waals surface area contributed by atoms with Crippen LogP contribution in [0.15, 0.2) is 18.2 Å². The van der Waals surface area contributed by atoms with Crippen molar-refractivity contribution in [3.8, 4) is 0 Å². The van der Waals surface area contributed by atoms with Crippen molar-refractivity contribution < 1.29 is 33.0 Å². The fourth-order valence-corrected chi connectivity index (χ4v) is 3.82. The van der Waals surface area contributed by atoms with Crippen molar-refractivity contribution in [2.45, 2.75) is 18.2 Å². The molecule has 11 heteroatoms. The van der Waals surface area contributed by atoms with Crippen LogP contribution in [0.3, 0.4) is 0 Å². The molecule has 0 unspecified atom stereocenters. The van der Waals surface area contributed by atoms with E-state index in [0.29, 0.717) is 24.5 Å². The second kappa shape index (κ2) is 7.30. The number of methoxy groups -OCH3 is 1. The maximum Gasteiger partial charge on any atom is 0.414 e. The predicted molar refractivity (Wildman–Crippen MR) is 98.5 cm³/mol. The van der Waals surface area contributed by atoms with E-state index in [2.05, 4.69) is 10.1 Å². The number of amides is 3. The second-order valence-electron chi connectivity index (χ2n) is 7.13. The molecule has 0 bridgehead atoms. The molecule has 4 rings (SSSR count). The van der Waals surface area contributed by atoms with Gasteiger partial charge in [-0.05, 0) is 18.2 Å². The standard InChI is InChI=1S/C18H21FN4O6/c1-21-14-8-22(9-15(14)29-17(21)25)13-4-3-10(5-12(13)19)23-7-11(28-18(23)26)6-20-16(24)27-2/h3-5,11,14-15H,6-9H2,1-2H3,(H,20,24)/t11-,14+,15-/m0/s1. The Balaban J connectivity index is 1.42. The number of anilines is 2. The van der Waals surface area contributed by atoms with Crippen molar-refractivity contribution in [1.82, 2.24) is 10.2 Å². The van der Waals surface area contributed by atoms with Crippen LogP contribution in [0.2, 0.25) is 0 Å². The van der Waals surface area contributed by atoms with Gasteiger partial charge in [-0.3, -0.25) is 4.90 Å². The number of nitrogens with one attached hydrogen (secondary N) is 1. The third-order valence-electron chi connectivity index (χ3n) is 5.39. The quantitative estimate of drug-likeness (QED) is 0.746. The van der Waals surface area contributed by atoms with Crippen LogP contribution >= 0.6 is 0 Å². The molecule has 3 aliphatic rings. The predicted octanol–water partition coefficient (Wildman–Crippen LogP) is 1.15. The number of benzene rings is 1. The van der Waals surface area contributed by atoms with Crippen molar-refractivity contribution >= 4 is 29.7 Å². The topological polar surface area (TPSA) is 101 Å². The zero-order valence-electron chi connectivity index (χ0n) is 16.0. The van der Waals surface area contributed by atoms with Crippen LogP contribution in [-0.2, 0) is 14.2 Å². The van der Waals surface area contributed by atoms with Gasteiger partial charge in [0.2, 0.25) is 0 Å². The third kappa shape index (κ3) is 3.47. The summed E-state index contributed by atoms with van der Waals surface area (Å²) in [4.78, 5) is 39.5. The van der Waals surface area contributed by atoms with E-state index >= 15 is 0 Å². The van der Waals surface area contributed by atoms with Crippen molar-refractivity contribution in [3.63, 3.8) is 0 Å². The molecule has 10 nitrogen and oxygen atoms in total. The molecule has 1 aromatic carbocycles. The molecule has 3 atom stereocenters. The first-order valence-electron chi connectivity index (χ1n) is 9.15. The summed E-state index contributed by atoms with van der Waals surface area (Å²) in [7, 11) is 2.91. The Morgan fingerprint density at radius 1 is 1.24 bits per heavy atom. The average molecular weight is 408 g/mol. The molecule has 0 spiro atoms. The van der Waals surface area contributed by atoms with Gasteiger partial charge in [0.15, 0.2) is 0 Å². The van der Waals surface area contributed by atoms with Gasteiger partial charge < -0.3 is 29.3 Å². The van der Waals surface area contributed by atoms with Crippen LogP contribution in [0.1, 0.15) is 0 Å². The van der Waals surface area contributed by atoms with Crippen molar-refractivity contribution in [2.75, 3.05) is 50.1 Å². The number of nitrogens with zero attached hydrogens (tertiary/aromatic N) is 3. The van der Waals surface area contributed by atoms with E-state index in [4.69, 9.17) is 9.47 Å². The highest BCUT2D eigenvalue weighted by Crippen LogP contribution is 2.33. The Labute approximate surface area is 166 Å². The van der Waals surface area contributed by atoms with E-state index in [1.165, 1.54) is 23.0 Å². The van der Waals surface area contributed by atoms with Gasteiger partial charge in [-0.25, -0.2) is 18.8 Å². The van der Waals surface area contributed by atoms with E-state index in [-0.39, 0.29) is 31.3 Å². The first-order valence-corrected chi connectivity index (χ1v) is 9.15. The lowest BCUT2D eigenvalue weighted by Gasteiger charge is -2.23. The maximum absolute atomic E-state index is 14.8. The zero-order chi connectivity index (χ0) is 20.7. The highest BCUT2D eigenvalue weighted by atomic mass is 19.1. The van der Waals surface area contributed by atoms with Crippen molar-refractivity contribution in [1.29, 1.82) is 0 Å². The van der Waals surface area contributed by atoms with E-state index in [0.717, 1.165) is 0 Å². The van der Waals surface area contributed by atoms with E-state index < -0.39 is 24.1 Å². The van der Waals surface area contributed by atoms with Crippen LogP contribution in [0.25, 0.3) is 0 Å². The van der Waals surface area contributed by atoms with Crippen LogP contribution in [-0.4, -0.2) is 81.8 Å². The average Bonchev–Trinajstić information content (AvgIpc) is 3.35. The minimum absolute atomic E-state index is 0.0955. The van der Waals surface area contributed by atoms with E-state index in [9.17, 15) is 18.8 Å². The SMILES string of the molecule is COC(=O)NC[C@H]1CN(c2ccc(N3C[C@@H]4OC(=O)N(C)[C@@H]4C3)c(F)c2)C(=O)O1. The molecule has 29 heavy (non-hydrogen) atoms. The monoisotopic (exact) mass is 408 g/mol. The summed E-state index contributed by atoms with van der Waals surface area (Å²) in [5, 5.41) is 2.46. The Bertz CT molecular complexity index is 852. The number of hydrogen-bond acceptors (Lipinski definition) is 7. The number of fused-ring (bicyclic) bond motifs is 1. The largest absolute Gasteiger partial charge is 0.453 e. The summed E-state index contributed by atoms with van der Waals surface area (Å²) in [6.45, 7) is 1.15. The number of cyclic esters (lactones) is 1. The lowest BCUT2D eigenvalue weighted by molar-refractivity contribution is 0.132. The molecule has 1 aromatic rings. The second-order valence-corrected chi connectivity index (χ2v) is 7.13. The van der Waals surface area contributed by atoms with Gasteiger partial charge in [0.25, 0.3) is 0 Å². The summed E-state index contributed by atoms with van der Waals surface area (Å²) < 4.78 is 29.8. The van der Waals surface area contributed by atoms with Crippen LogP contribution < -0.4 is 15.1 Å². The minimum atomic E-state index is -0.624. The molecule has 3 fully saturated rings. The molecule has 3 heterocycles. The van der Waals surface area contributed by atoms with E-state index in [1.54, 1.807) is 19.2 Å². The molecule has 0 saturated carbocycles. The third-order valence-corrected chi connectivity index (χ3v) is 5.39. The van der Waals surface area contributed by atoms with Gasteiger partial charge >= 0.3 is 18.3 Å². The first-order chi connectivity index (χ1) is 13.9. The summed E-state index contributed by atoms with van der Waals surface area (Å²) in [6.07, 6.45) is -2.45. The first kappa shape index (κ1) is 19.1. The van der Waals surface area contributed by atoms with E-state index in [1.807, 2.05) is 4.90 Å². The minimum Gasteiger partial charge on any atom is -0.453 e. The highest BCUT2D eigenvalue weighted by Gasteiger charge is 2.46. The maximum atomic E-state index is 14.8. The number of halogens is 1. The molecule has 0 aliphatic carbocycles.